The molecule has 0 amide bonds. The van der Waals surface area contributed by atoms with Crippen LogP contribution in [0.25, 0.3) is 10.9 Å². The van der Waals surface area contributed by atoms with Crippen LogP contribution in [-0.2, 0) is 22.6 Å². The maximum absolute atomic E-state index is 11.1. The van der Waals surface area contributed by atoms with E-state index in [9.17, 15) is 4.79 Å². The van der Waals surface area contributed by atoms with Crippen molar-refractivity contribution in [3.05, 3.63) is 36.0 Å². The van der Waals surface area contributed by atoms with E-state index in [1.54, 1.807) is 0 Å². The first-order valence-corrected chi connectivity index (χ1v) is 6.10. The second kappa shape index (κ2) is 5.69. The fourth-order valence-corrected chi connectivity index (χ4v) is 2.19. The van der Waals surface area contributed by atoms with E-state index in [0.29, 0.717) is 13.0 Å². The highest BCUT2D eigenvalue weighted by atomic mass is 16.5. The Kier molecular flexibility index (Phi) is 3.99. The van der Waals surface area contributed by atoms with E-state index in [4.69, 9.17) is 5.73 Å². The predicted molar refractivity (Wildman–Crippen MR) is 71.1 cm³/mol. The summed E-state index contributed by atoms with van der Waals surface area (Å²) >= 11 is 0. The summed E-state index contributed by atoms with van der Waals surface area (Å²) in [6.45, 7) is 1.33. The van der Waals surface area contributed by atoms with Gasteiger partial charge in [-0.2, -0.15) is 0 Å². The van der Waals surface area contributed by atoms with Crippen molar-refractivity contribution in [2.45, 2.75) is 25.9 Å². The lowest BCUT2D eigenvalue weighted by molar-refractivity contribution is -0.140. The highest BCUT2D eigenvalue weighted by Crippen LogP contribution is 2.20. The molecule has 1 aromatic carbocycles. The number of rotatable bonds is 5. The number of nitrogens with two attached hydrogens (primary N) is 1. The van der Waals surface area contributed by atoms with Gasteiger partial charge in [-0.25, -0.2) is 0 Å². The summed E-state index contributed by atoms with van der Waals surface area (Å²) in [4.78, 5) is 11.1. The number of para-hydroxylation sites is 1. The number of hydrogen-bond donors (Lipinski definition) is 1. The quantitative estimate of drug-likeness (QED) is 0.821. The Bertz CT molecular complexity index is 546. The summed E-state index contributed by atoms with van der Waals surface area (Å²) in [7, 11) is 1.42. The lowest BCUT2D eigenvalue weighted by Crippen LogP contribution is -2.05. The molecule has 0 aliphatic heterocycles. The minimum atomic E-state index is -0.162. The van der Waals surface area contributed by atoms with Crippen LogP contribution in [0.3, 0.4) is 0 Å². The molecule has 2 N–H and O–H groups in total. The number of fused-ring (bicyclic) bond motifs is 1. The summed E-state index contributed by atoms with van der Waals surface area (Å²) in [5.74, 6) is -0.162. The molecule has 0 radical (unpaired) electrons. The summed E-state index contributed by atoms with van der Waals surface area (Å²) < 4.78 is 6.79. The molecule has 4 heteroatoms. The van der Waals surface area contributed by atoms with Gasteiger partial charge in [0.05, 0.1) is 12.6 Å². The SMILES string of the molecule is COC(=O)CCCn1ccc2cccc(CN)c21. The van der Waals surface area contributed by atoms with Crippen LogP contribution in [-0.4, -0.2) is 17.6 Å². The second-order valence-electron chi connectivity index (χ2n) is 4.25. The molecule has 0 aliphatic rings. The molecule has 0 saturated heterocycles. The van der Waals surface area contributed by atoms with Gasteiger partial charge in [-0.15, -0.1) is 0 Å². The van der Waals surface area contributed by atoms with Crippen LogP contribution in [0.4, 0.5) is 0 Å². The maximum Gasteiger partial charge on any atom is 0.305 e. The number of carbonyl (C=O) groups is 1. The fraction of sp³-hybridized carbons (Fsp3) is 0.357. The molecule has 1 aromatic heterocycles. The number of methoxy groups -OCH3 is 1. The number of ether oxygens (including phenoxy) is 1. The molecule has 18 heavy (non-hydrogen) atoms. The monoisotopic (exact) mass is 246 g/mol. The number of aromatic nitrogens is 1. The van der Waals surface area contributed by atoms with Crippen molar-refractivity contribution in [3.63, 3.8) is 0 Å². The average molecular weight is 246 g/mol. The molecule has 0 fully saturated rings. The first-order chi connectivity index (χ1) is 8.76. The molecule has 1 heterocycles. The third-order valence-corrected chi connectivity index (χ3v) is 3.10. The van der Waals surface area contributed by atoms with Crippen molar-refractivity contribution >= 4 is 16.9 Å². The molecule has 0 spiro atoms. The van der Waals surface area contributed by atoms with Crippen LogP contribution in [0, 0.1) is 0 Å². The lowest BCUT2D eigenvalue weighted by Gasteiger charge is -2.08. The third kappa shape index (κ3) is 2.54. The number of aryl methyl sites for hydroxylation is 1. The highest BCUT2D eigenvalue weighted by molar-refractivity contribution is 5.83. The summed E-state index contributed by atoms with van der Waals surface area (Å²) in [6, 6.07) is 8.21. The zero-order valence-electron chi connectivity index (χ0n) is 10.6. The van der Waals surface area contributed by atoms with Crippen molar-refractivity contribution < 1.29 is 9.53 Å². The summed E-state index contributed by atoms with van der Waals surface area (Å²) in [5, 5.41) is 1.19. The zero-order chi connectivity index (χ0) is 13.0. The number of nitrogens with zero attached hydrogens (tertiary/aromatic N) is 1. The van der Waals surface area contributed by atoms with Crippen molar-refractivity contribution in [1.29, 1.82) is 0 Å². The van der Waals surface area contributed by atoms with E-state index in [-0.39, 0.29) is 5.97 Å². The van der Waals surface area contributed by atoms with E-state index in [1.165, 1.54) is 18.0 Å². The van der Waals surface area contributed by atoms with E-state index in [2.05, 4.69) is 21.4 Å². The van der Waals surface area contributed by atoms with Crippen molar-refractivity contribution in [2.75, 3.05) is 7.11 Å². The third-order valence-electron chi connectivity index (χ3n) is 3.10. The number of hydrogen-bond acceptors (Lipinski definition) is 3. The van der Waals surface area contributed by atoms with Gasteiger partial charge in [0.15, 0.2) is 0 Å². The molecule has 0 aliphatic carbocycles. The average Bonchev–Trinajstić information content (AvgIpc) is 2.82. The zero-order valence-corrected chi connectivity index (χ0v) is 10.6. The van der Waals surface area contributed by atoms with Gasteiger partial charge in [-0.05, 0) is 23.4 Å². The summed E-state index contributed by atoms with van der Waals surface area (Å²) in [6.07, 6.45) is 3.26. The first kappa shape index (κ1) is 12.6. The topological polar surface area (TPSA) is 57.2 Å². The Morgan fingerprint density at radius 3 is 2.94 bits per heavy atom. The second-order valence-corrected chi connectivity index (χ2v) is 4.25. The molecule has 96 valence electrons. The van der Waals surface area contributed by atoms with Gasteiger partial charge in [-0.1, -0.05) is 18.2 Å². The largest absolute Gasteiger partial charge is 0.469 e. The molecule has 2 rings (SSSR count). The molecule has 0 unspecified atom stereocenters. The van der Waals surface area contributed by atoms with E-state index < -0.39 is 0 Å². The predicted octanol–water partition coefficient (Wildman–Crippen LogP) is 2.05. The van der Waals surface area contributed by atoms with Crippen molar-refractivity contribution in [2.24, 2.45) is 5.73 Å². The molecular weight excluding hydrogens is 228 g/mol. The van der Waals surface area contributed by atoms with Crippen LogP contribution in [0.2, 0.25) is 0 Å². The van der Waals surface area contributed by atoms with Gasteiger partial charge in [-0.3, -0.25) is 4.79 Å². The Balaban J connectivity index is 2.16. The number of carbonyl (C=O) groups excluding carboxylic acids is 1. The molecule has 0 bridgehead atoms. The Labute approximate surface area is 106 Å². The molecule has 2 aromatic rings. The van der Waals surface area contributed by atoms with Crippen LogP contribution in [0.5, 0.6) is 0 Å². The number of benzene rings is 1. The minimum absolute atomic E-state index is 0.162. The molecule has 0 atom stereocenters. The van der Waals surface area contributed by atoms with Gasteiger partial charge < -0.3 is 15.0 Å². The van der Waals surface area contributed by atoms with Crippen molar-refractivity contribution in [3.8, 4) is 0 Å². The Hall–Kier alpha value is -1.81. The standard InChI is InChI=1S/C14H18N2O2/c1-18-13(17)6-3-8-16-9-7-11-4-2-5-12(10-15)14(11)16/h2,4-5,7,9H,3,6,8,10,15H2,1H3. The van der Waals surface area contributed by atoms with Gasteiger partial charge in [0.1, 0.15) is 0 Å². The molecule has 0 saturated carbocycles. The van der Waals surface area contributed by atoms with Crippen LogP contribution in [0.15, 0.2) is 30.5 Å². The normalized spacial score (nSPS) is 10.8. The van der Waals surface area contributed by atoms with Crippen LogP contribution >= 0.6 is 0 Å². The van der Waals surface area contributed by atoms with Gasteiger partial charge >= 0.3 is 5.97 Å². The summed E-state index contributed by atoms with van der Waals surface area (Å²) in [5.41, 5.74) is 8.06. The highest BCUT2D eigenvalue weighted by Gasteiger charge is 2.06. The van der Waals surface area contributed by atoms with E-state index in [1.807, 2.05) is 18.3 Å². The molecular formula is C14H18N2O2. The van der Waals surface area contributed by atoms with Crippen molar-refractivity contribution in [1.82, 2.24) is 4.57 Å². The van der Waals surface area contributed by atoms with Gasteiger partial charge in [0.2, 0.25) is 0 Å². The minimum Gasteiger partial charge on any atom is -0.469 e. The fourth-order valence-electron chi connectivity index (χ4n) is 2.19. The van der Waals surface area contributed by atoms with Gasteiger partial charge in [0.25, 0.3) is 0 Å². The lowest BCUT2D eigenvalue weighted by atomic mass is 10.1. The van der Waals surface area contributed by atoms with Crippen LogP contribution < -0.4 is 5.73 Å². The Morgan fingerprint density at radius 2 is 2.22 bits per heavy atom. The maximum atomic E-state index is 11.1. The smallest absolute Gasteiger partial charge is 0.305 e. The van der Waals surface area contributed by atoms with E-state index >= 15 is 0 Å². The van der Waals surface area contributed by atoms with E-state index in [0.717, 1.165) is 18.5 Å². The van der Waals surface area contributed by atoms with Crippen LogP contribution in [0.1, 0.15) is 18.4 Å². The van der Waals surface area contributed by atoms with Gasteiger partial charge in [0, 0.05) is 25.7 Å². The molecule has 4 nitrogen and oxygen atoms in total. The first-order valence-electron chi connectivity index (χ1n) is 6.10. The number of esters is 1. The Morgan fingerprint density at radius 1 is 1.39 bits per heavy atom.